The van der Waals surface area contributed by atoms with Crippen LogP contribution in [-0.4, -0.2) is 47.4 Å². The number of esters is 1. The first kappa shape index (κ1) is 22.8. The largest absolute Gasteiger partial charge is 0.454 e. The number of ether oxygens (including phenoxy) is 1. The summed E-state index contributed by atoms with van der Waals surface area (Å²) in [5, 5.41) is 5.60. The second kappa shape index (κ2) is 9.08. The fraction of sp³-hybridized carbons (Fsp3) is 0.565. The van der Waals surface area contributed by atoms with E-state index in [2.05, 4.69) is 10.6 Å². The summed E-state index contributed by atoms with van der Waals surface area (Å²) in [4.78, 5) is 50.8. The molecule has 2 N–H and O–H groups in total. The van der Waals surface area contributed by atoms with Gasteiger partial charge in [-0.05, 0) is 42.7 Å². The molecule has 1 aromatic rings. The summed E-state index contributed by atoms with van der Waals surface area (Å²) in [5.74, 6) is -1.43. The van der Waals surface area contributed by atoms with Gasteiger partial charge in [0.05, 0.1) is 0 Å². The Morgan fingerprint density at radius 1 is 1.29 bits per heavy atom. The van der Waals surface area contributed by atoms with Crippen LogP contribution in [0.1, 0.15) is 63.5 Å². The SMILES string of the molecule is Cc1cccc(C(C)C)c1NC(=O)COC(=O)CN1C(=O)N[C@@]2(CCCC[C@H]2C)C1=O. The van der Waals surface area contributed by atoms with Gasteiger partial charge in [-0.2, -0.15) is 0 Å². The number of urea groups is 1. The summed E-state index contributed by atoms with van der Waals surface area (Å²) in [6.45, 7) is 6.91. The normalized spacial score (nSPS) is 23.3. The molecular formula is C23H31N3O5. The van der Waals surface area contributed by atoms with E-state index in [-0.39, 0.29) is 17.7 Å². The van der Waals surface area contributed by atoms with Crippen LogP contribution in [0, 0.1) is 12.8 Å². The molecule has 2 aliphatic rings. The lowest BCUT2D eigenvalue weighted by atomic mass is 9.73. The molecule has 1 saturated carbocycles. The molecule has 1 aliphatic carbocycles. The molecule has 0 bridgehead atoms. The molecule has 1 aromatic carbocycles. The molecule has 2 fully saturated rings. The van der Waals surface area contributed by atoms with Crippen LogP contribution in [0.3, 0.4) is 0 Å². The van der Waals surface area contributed by atoms with Crippen molar-refractivity contribution in [2.75, 3.05) is 18.5 Å². The summed E-state index contributed by atoms with van der Waals surface area (Å²) < 4.78 is 5.05. The highest BCUT2D eigenvalue weighted by atomic mass is 16.5. The zero-order chi connectivity index (χ0) is 22.8. The molecule has 0 unspecified atom stereocenters. The van der Waals surface area contributed by atoms with E-state index in [0.717, 1.165) is 35.3 Å². The lowest BCUT2D eigenvalue weighted by molar-refractivity contribution is -0.150. The topological polar surface area (TPSA) is 105 Å². The van der Waals surface area contributed by atoms with Gasteiger partial charge in [0, 0.05) is 5.69 Å². The molecule has 1 aliphatic heterocycles. The van der Waals surface area contributed by atoms with Crippen LogP contribution < -0.4 is 10.6 Å². The number of hydrogen-bond donors (Lipinski definition) is 2. The van der Waals surface area contributed by atoms with Crippen LogP contribution in [0.4, 0.5) is 10.5 Å². The number of nitrogens with zero attached hydrogens (tertiary/aromatic N) is 1. The lowest BCUT2D eigenvalue weighted by Crippen LogP contribution is -2.54. The van der Waals surface area contributed by atoms with Crippen LogP contribution in [0.5, 0.6) is 0 Å². The average molecular weight is 430 g/mol. The summed E-state index contributed by atoms with van der Waals surface area (Å²) in [5.41, 5.74) is 1.69. The Labute approximate surface area is 182 Å². The first-order valence-electron chi connectivity index (χ1n) is 10.8. The monoisotopic (exact) mass is 429 g/mol. The van der Waals surface area contributed by atoms with E-state index in [0.29, 0.717) is 12.1 Å². The number of anilines is 1. The van der Waals surface area contributed by atoms with Gasteiger partial charge in [-0.15, -0.1) is 0 Å². The van der Waals surface area contributed by atoms with E-state index in [1.54, 1.807) is 0 Å². The average Bonchev–Trinajstić information content (AvgIpc) is 2.95. The molecule has 4 amide bonds. The number of benzene rings is 1. The van der Waals surface area contributed by atoms with Gasteiger partial charge in [0.2, 0.25) is 0 Å². The van der Waals surface area contributed by atoms with Gasteiger partial charge in [-0.25, -0.2) is 4.79 Å². The Morgan fingerprint density at radius 3 is 2.71 bits per heavy atom. The summed E-state index contributed by atoms with van der Waals surface area (Å²) in [6.07, 6.45) is 3.29. The zero-order valence-electron chi connectivity index (χ0n) is 18.6. The standard InChI is InChI=1S/C23H31N3O5/c1-14(2)17-10-7-8-15(3)20(17)24-18(27)13-31-19(28)12-26-21(29)23(25-22(26)30)11-6-5-9-16(23)4/h7-8,10,14,16H,5-6,9,11-13H2,1-4H3,(H,24,27)(H,25,30)/t16-,23-/m1/s1. The third-order valence-corrected chi connectivity index (χ3v) is 6.34. The summed E-state index contributed by atoms with van der Waals surface area (Å²) >= 11 is 0. The number of aryl methyl sites for hydroxylation is 1. The van der Waals surface area contributed by atoms with E-state index < -0.39 is 36.6 Å². The van der Waals surface area contributed by atoms with Crippen molar-refractivity contribution in [1.29, 1.82) is 0 Å². The van der Waals surface area contributed by atoms with Gasteiger partial charge < -0.3 is 15.4 Å². The van der Waals surface area contributed by atoms with Crippen molar-refractivity contribution >= 4 is 29.5 Å². The number of carbonyl (C=O) groups is 4. The quantitative estimate of drug-likeness (QED) is 0.534. The highest BCUT2D eigenvalue weighted by Crippen LogP contribution is 2.38. The van der Waals surface area contributed by atoms with Crippen molar-refractivity contribution in [3.8, 4) is 0 Å². The van der Waals surface area contributed by atoms with Crippen molar-refractivity contribution in [1.82, 2.24) is 10.2 Å². The minimum Gasteiger partial charge on any atom is -0.454 e. The van der Waals surface area contributed by atoms with Gasteiger partial charge in [0.15, 0.2) is 6.61 Å². The molecule has 0 aromatic heterocycles. The van der Waals surface area contributed by atoms with Gasteiger partial charge in [0.25, 0.3) is 11.8 Å². The van der Waals surface area contributed by atoms with Crippen LogP contribution in [0.15, 0.2) is 18.2 Å². The molecule has 1 saturated heterocycles. The predicted octanol–water partition coefficient (Wildman–Crippen LogP) is 3.10. The van der Waals surface area contributed by atoms with Crippen LogP contribution in [0.25, 0.3) is 0 Å². The number of carbonyl (C=O) groups excluding carboxylic acids is 4. The second-order valence-corrected chi connectivity index (χ2v) is 8.84. The molecule has 0 radical (unpaired) electrons. The maximum atomic E-state index is 12.9. The smallest absolute Gasteiger partial charge is 0.326 e. The van der Waals surface area contributed by atoms with E-state index in [1.807, 2.05) is 45.9 Å². The number of para-hydroxylation sites is 1. The number of rotatable bonds is 6. The Hall–Kier alpha value is -2.90. The molecular weight excluding hydrogens is 398 g/mol. The van der Waals surface area contributed by atoms with Crippen LogP contribution in [0.2, 0.25) is 0 Å². The van der Waals surface area contributed by atoms with E-state index in [1.165, 1.54) is 0 Å². The van der Waals surface area contributed by atoms with Gasteiger partial charge in [-0.1, -0.05) is 51.8 Å². The Balaban J connectivity index is 1.57. The molecule has 8 nitrogen and oxygen atoms in total. The van der Waals surface area contributed by atoms with Crippen molar-refractivity contribution in [2.24, 2.45) is 5.92 Å². The fourth-order valence-electron chi connectivity index (χ4n) is 4.48. The van der Waals surface area contributed by atoms with Crippen LogP contribution in [-0.2, 0) is 19.1 Å². The molecule has 168 valence electrons. The molecule has 1 spiro atoms. The zero-order valence-corrected chi connectivity index (χ0v) is 18.6. The number of nitrogens with one attached hydrogen (secondary N) is 2. The lowest BCUT2D eigenvalue weighted by Gasteiger charge is -2.36. The van der Waals surface area contributed by atoms with Crippen molar-refractivity contribution < 1.29 is 23.9 Å². The Kier molecular flexibility index (Phi) is 6.67. The maximum absolute atomic E-state index is 12.9. The molecule has 31 heavy (non-hydrogen) atoms. The molecule has 3 rings (SSSR count). The Morgan fingerprint density at radius 2 is 2.03 bits per heavy atom. The highest BCUT2D eigenvalue weighted by Gasteiger charge is 2.55. The van der Waals surface area contributed by atoms with Crippen LogP contribution >= 0.6 is 0 Å². The van der Waals surface area contributed by atoms with Gasteiger partial charge in [-0.3, -0.25) is 19.3 Å². The van der Waals surface area contributed by atoms with Gasteiger partial charge >= 0.3 is 12.0 Å². The first-order chi connectivity index (χ1) is 14.7. The fourth-order valence-corrected chi connectivity index (χ4v) is 4.48. The van der Waals surface area contributed by atoms with Crippen molar-refractivity contribution in [3.63, 3.8) is 0 Å². The molecule has 2 atom stereocenters. The number of hydrogen-bond acceptors (Lipinski definition) is 5. The molecule has 8 heteroatoms. The third kappa shape index (κ3) is 4.57. The van der Waals surface area contributed by atoms with Crippen molar-refractivity contribution in [2.45, 2.75) is 64.8 Å². The minimum atomic E-state index is -0.926. The minimum absolute atomic E-state index is 0.00811. The number of imide groups is 1. The summed E-state index contributed by atoms with van der Waals surface area (Å²) in [6, 6.07) is 5.19. The second-order valence-electron chi connectivity index (χ2n) is 8.84. The third-order valence-electron chi connectivity index (χ3n) is 6.34. The summed E-state index contributed by atoms with van der Waals surface area (Å²) in [7, 11) is 0. The molecule has 1 heterocycles. The predicted molar refractivity (Wildman–Crippen MR) is 115 cm³/mol. The van der Waals surface area contributed by atoms with E-state index >= 15 is 0 Å². The first-order valence-corrected chi connectivity index (χ1v) is 10.8. The van der Waals surface area contributed by atoms with Gasteiger partial charge in [0.1, 0.15) is 12.1 Å². The Bertz CT molecular complexity index is 897. The van der Waals surface area contributed by atoms with E-state index in [4.69, 9.17) is 4.74 Å². The van der Waals surface area contributed by atoms with E-state index in [9.17, 15) is 19.2 Å². The highest BCUT2D eigenvalue weighted by molar-refractivity contribution is 6.09. The maximum Gasteiger partial charge on any atom is 0.326 e. The number of amides is 4. The van der Waals surface area contributed by atoms with Crippen molar-refractivity contribution in [3.05, 3.63) is 29.3 Å².